The van der Waals surface area contributed by atoms with Crippen LogP contribution < -0.4 is 14.2 Å². The average molecular weight is 278 g/mol. The summed E-state index contributed by atoms with van der Waals surface area (Å²) in [6.07, 6.45) is 4.50. The summed E-state index contributed by atoms with van der Waals surface area (Å²) in [5.41, 5.74) is 0.639. The number of benzene rings is 1. The Balaban J connectivity index is 2.59. The number of methoxy groups -OCH3 is 2. The van der Waals surface area contributed by atoms with Crippen LogP contribution in [0.15, 0.2) is 12.1 Å². The van der Waals surface area contributed by atoms with Crippen LogP contribution in [0, 0.1) is 0 Å². The normalized spacial score (nSPS) is 15.2. The predicted octanol–water partition coefficient (Wildman–Crippen LogP) is 2.67. The van der Waals surface area contributed by atoms with Gasteiger partial charge in [-0.15, -0.1) is 0 Å². The van der Waals surface area contributed by atoms with Crippen molar-refractivity contribution in [2.45, 2.75) is 19.4 Å². The predicted molar refractivity (Wildman–Crippen MR) is 74.6 cm³/mol. The Bertz CT molecular complexity index is 546. The Morgan fingerprint density at radius 2 is 2.10 bits per heavy atom. The van der Waals surface area contributed by atoms with Crippen LogP contribution in [0.25, 0.3) is 6.08 Å². The van der Waals surface area contributed by atoms with Gasteiger partial charge in [0.05, 0.1) is 18.2 Å². The summed E-state index contributed by atoms with van der Waals surface area (Å²) in [5.74, 6) is 1.44. The van der Waals surface area contributed by atoms with Crippen molar-refractivity contribution in [2.24, 2.45) is 0 Å². The molecule has 0 N–H and O–H groups in total. The van der Waals surface area contributed by atoms with E-state index in [4.69, 9.17) is 18.9 Å². The van der Waals surface area contributed by atoms with E-state index in [-0.39, 0.29) is 6.79 Å². The smallest absolute Gasteiger partial charge is 0.188 e. The lowest BCUT2D eigenvalue weighted by molar-refractivity contribution is 0.0496. The van der Waals surface area contributed by atoms with E-state index in [0.717, 1.165) is 0 Å². The van der Waals surface area contributed by atoms with Crippen LogP contribution in [0.1, 0.15) is 29.8 Å². The number of aldehydes is 1. The summed E-state index contributed by atoms with van der Waals surface area (Å²) in [5, 5.41) is 0. The lowest BCUT2D eigenvalue weighted by Crippen LogP contribution is -2.27. The van der Waals surface area contributed by atoms with Crippen molar-refractivity contribution >= 4 is 12.4 Å². The monoisotopic (exact) mass is 278 g/mol. The molecule has 0 saturated heterocycles. The molecule has 0 fully saturated rings. The number of fused-ring (bicyclic) bond motifs is 1. The first-order valence-electron chi connectivity index (χ1n) is 6.22. The third-order valence-corrected chi connectivity index (χ3v) is 2.97. The molecule has 1 aliphatic heterocycles. The zero-order chi connectivity index (χ0) is 14.8. The lowest BCUT2D eigenvalue weighted by atomic mass is 9.99. The van der Waals surface area contributed by atoms with Crippen LogP contribution in [0.4, 0.5) is 0 Å². The zero-order valence-electron chi connectivity index (χ0n) is 12.1. The largest absolute Gasteiger partial charge is 0.496 e. The van der Waals surface area contributed by atoms with Gasteiger partial charge in [-0.3, -0.25) is 4.79 Å². The molecule has 1 heterocycles. The maximum Gasteiger partial charge on any atom is 0.188 e. The number of ether oxygens (including phenoxy) is 4. The van der Waals surface area contributed by atoms with Gasteiger partial charge in [0.15, 0.2) is 13.1 Å². The standard InChI is InChI=1S/C15H18O5/c1-15(2)6-5-10-13(20-15)7-12(18-4)11(8-16)14(10)19-9-17-3/h5-8H,9H2,1-4H3. The molecule has 1 aromatic rings. The number of hydrogen-bond donors (Lipinski definition) is 0. The van der Waals surface area contributed by atoms with Gasteiger partial charge in [0, 0.05) is 13.2 Å². The van der Waals surface area contributed by atoms with E-state index in [9.17, 15) is 4.79 Å². The zero-order valence-corrected chi connectivity index (χ0v) is 12.1. The molecule has 1 aromatic carbocycles. The van der Waals surface area contributed by atoms with Crippen molar-refractivity contribution in [1.82, 2.24) is 0 Å². The van der Waals surface area contributed by atoms with Gasteiger partial charge in [-0.25, -0.2) is 0 Å². The van der Waals surface area contributed by atoms with Gasteiger partial charge < -0.3 is 18.9 Å². The molecule has 5 heteroatoms. The highest BCUT2D eigenvalue weighted by atomic mass is 16.7. The Kier molecular flexibility index (Phi) is 3.99. The molecular weight excluding hydrogens is 260 g/mol. The van der Waals surface area contributed by atoms with Crippen LogP contribution in [-0.2, 0) is 4.74 Å². The average Bonchev–Trinajstić information content (AvgIpc) is 2.42. The molecule has 0 atom stereocenters. The molecule has 2 rings (SSSR count). The Labute approximate surface area is 118 Å². The molecule has 0 radical (unpaired) electrons. The first-order valence-corrected chi connectivity index (χ1v) is 6.22. The van der Waals surface area contributed by atoms with Crippen LogP contribution >= 0.6 is 0 Å². The highest BCUT2D eigenvalue weighted by Gasteiger charge is 2.27. The van der Waals surface area contributed by atoms with Crippen molar-refractivity contribution < 1.29 is 23.7 Å². The van der Waals surface area contributed by atoms with Gasteiger partial charge in [0.25, 0.3) is 0 Å². The molecule has 0 aromatic heterocycles. The second-order valence-electron chi connectivity index (χ2n) is 4.94. The van der Waals surface area contributed by atoms with Crippen molar-refractivity contribution in [3.05, 3.63) is 23.3 Å². The van der Waals surface area contributed by atoms with Crippen molar-refractivity contribution in [3.8, 4) is 17.2 Å². The maximum atomic E-state index is 11.3. The third-order valence-electron chi connectivity index (χ3n) is 2.97. The number of hydrogen-bond acceptors (Lipinski definition) is 5. The van der Waals surface area contributed by atoms with Crippen molar-refractivity contribution in [2.75, 3.05) is 21.0 Å². The molecule has 0 aliphatic carbocycles. The van der Waals surface area contributed by atoms with Gasteiger partial charge in [-0.2, -0.15) is 0 Å². The van der Waals surface area contributed by atoms with Crippen molar-refractivity contribution in [3.63, 3.8) is 0 Å². The molecule has 20 heavy (non-hydrogen) atoms. The highest BCUT2D eigenvalue weighted by Crippen LogP contribution is 2.43. The Morgan fingerprint density at radius 1 is 1.35 bits per heavy atom. The van der Waals surface area contributed by atoms with Gasteiger partial charge in [0.2, 0.25) is 0 Å². The minimum atomic E-state index is -0.417. The van der Waals surface area contributed by atoms with E-state index in [1.807, 2.05) is 26.0 Å². The second-order valence-corrected chi connectivity index (χ2v) is 4.94. The number of carbonyl (C=O) groups is 1. The quantitative estimate of drug-likeness (QED) is 0.612. The van der Waals surface area contributed by atoms with E-state index >= 15 is 0 Å². The lowest BCUT2D eigenvalue weighted by Gasteiger charge is -2.29. The van der Waals surface area contributed by atoms with Gasteiger partial charge in [-0.1, -0.05) is 0 Å². The maximum absolute atomic E-state index is 11.3. The minimum absolute atomic E-state index is 0.0394. The fourth-order valence-electron chi connectivity index (χ4n) is 2.04. The first kappa shape index (κ1) is 14.4. The summed E-state index contributed by atoms with van der Waals surface area (Å²) in [7, 11) is 3.02. The first-order chi connectivity index (χ1) is 9.52. The van der Waals surface area contributed by atoms with Gasteiger partial charge in [0.1, 0.15) is 22.8 Å². The van der Waals surface area contributed by atoms with E-state index in [1.54, 1.807) is 6.07 Å². The molecule has 0 unspecified atom stereocenters. The van der Waals surface area contributed by atoms with E-state index in [0.29, 0.717) is 34.7 Å². The van der Waals surface area contributed by atoms with E-state index < -0.39 is 5.60 Å². The molecule has 0 bridgehead atoms. The van der Waals surface area contributed by atoms with E-state index in [1.165, 1.54) is 14.2 Å². The fourth-order valence-corrected chi connectivity index (χ4v) is 2.04. The molecular formula is C15H18O5. The van der Waals surface area contributed by atoms with Crippen molar-refractivity contribution in [1.29, 1.82) is 0 Å². The van der Waals surface area contributed by atoms with Crippen LogP contribution in [-0.4, -0.2) is 32.9 Å². The molecule has 108 valence electrons. The van der Waals surface area contributed by atoms with Crippen LogP contribution in [0.2, 0.25) is 0 Å². The molecule has 5 nitrogen and oxygen atoms in total. The summed E-state index contributed by atoms with van der Waals surface area (Å²) >= 11 is 0. The molecule has 0 spiro atoms. The molecule has 0 amide bonds. The minimum Gasteiger partial charge on any atom is -0.496 e. The van der Waals surface area contributed by atoms with Gasteiger partial charge in [-0.05, 0) is 26.0 Å². The van der Waals surface area contributed by atoms with Crippen LogP contribution in [0.5, 0.6) is 17.2 Å². The topological polar surface area (TPSA) is 54.0 Å². The molecule has 1 aliphatic rings. The number of carbonyl (C=O) groups excluding carboxylic acids is 1. The summed E-state index contributed by atoms with van der Waals surface area (Å²) in [6, 6.07) is 1.70. The number of rotatable bonds is 5. The summed E-state index contributed by atoms with van der Waals surface area (Å²) < 4.78 is 21.5. The second kappa shape index (κ2) is 5.54. The highest BCUT2D eigenvalue weighted by molar-refractivity contribution is 5.88. The Morgan fingerprint density at radius 3 is 2.70 bits per heavy atom. The van der Waals surface area contributed by atoms with Gasteiger partial charge >= 0.3 is 0 Å². The van der Waals surface area contributed by atoms with Crippen LogP contribution in [0.3, 0.4) is 0 Å². The van der Waals surface area contributed by atoms with E-state index in [2.05, 4.69) is 0 Å². The SMILES string of the molecule is COCOc1c(C=O)c(OC)cc2c1C=CC(C)(C)O2. The third kappa shape index (κ3) is 2.63. The Hall–Kier alpha value is -2.01. The fraction of sp³-hybridized carbons (Fsp3) is 0.400. The molecule has 0 saturated carbocycles. The summed E-state index contributed by atoms with van der Waals surface area (Å²) in [4.78, 5) is 11.3. The summed E-state index contributed by atoms with van der Waals surface area (Å²) in [6.45, 7) is 3.93.